The molecule has 10 nitrogen and oxygen atoms in total. The molecule has 1 aliphatic carbocycles. The van der Waals surface area contributed by atoms with Gasteiger partial charge in [0, 0.05) is 18.6 Å². The largest absolute Gasteiger partial charge is 0.378 e. The molecule has 0 aromatic rings. The van der Waals surface area contributed by atoms with Crippen LogP contribution in [0.25, 0.3) is 0 Å². The molecule has 6 rings (SSSR count). The van der Waals surface area contributed by atoms with E-state index in [9.17, 15) is 0 Å². The fourth-order valence-corrected chi connectivity index (χ4v) is 6.02. The Morgan fingerprint density at radius 2 is 0.974 bits per heavy atom. The summed E-state index contributed by atoms with van der Waals surface area (Å²) in [6, 6.07) is 0. The lowest BCUT2D eigenvalue weighted by Crippen LogP contribution is -2.49. The molecule has 0 spiro atoms. The van der Waals surface area contributed by atoms with Gasteiger partial charge in [-0.3, -0.25) is 0 Å². The lowest BCUT2D eigenvalue weighted by Gasteiger charge is -2.47. The van der Waals surface area contributed by atoms with Crippen LogP contribution in [0.1, 0.15) is 26.2 Å². The van der Waals surface area contributed by atoms with Gasteiger partial charge in [0.1, 0.15) is 30.5 Å². The summed E-state index contributed by atoms with van der Waals surface area (Å²) < 4.78 is 58.3. The van der Waals surface area contributed by atoms with Crippen molar-refractivity contribution >= 4 is 0 Å². The van der Waals surface area contributed by atoms with Gasteiger partial charge in [-0.05, 0) is 42.9 Å². The van der Waals surface area contributed by atoms with Crippen LogP contribution in [0.15, 0.2) is 0 Å². The van der Waals surface area contributed by atoms with Gasteiger partial charge in [0.15, 0.2) is 0 Å². The van der Waals surface area contributed by atoms with E-state index in [1.54, 1.807) is 0 Å². The maximum absolute atomic E-state index is 6.33. The van der Waals surface area contributed by atoms with Gasteiger partial charge in [-0.15, -0.1) is 0 Å². The van der Waals surface area contributed by atoms with E-state index < -0.39 is 0 Å². The highest BCUT2D eigenvalue weighted by Crippen LogP contribution is 2.46. The Labute approximate surface area is 232 Å². The number of ether oxygens (including phenoxy) is 10. The van der Waals surface area contributed by atoms with Crippen molar-refractivity contribution in [1.82, 2.24) is 0 Å². The minimum atomic E-state index is -0.300. The molecule has 6 fully saturated rings. The van der Waals surface area contributed by atoms with Gasteiger partial charge in [-0.1, -0.05) is 6.92 Å². The molecule has 0 amide bonds. The van der Waals surface area contributed by atoms with Crippen molar-refractivity contribution in [3.63, 3.8) is 0 Å². The van der Waals surface area contributed by atoms with Gasteiger partial charge in [0.25, 0.3) is 0 Å². The maximum atomic E-state index is 6.33. The number of epoxide rings is 5. The first-order valence-corrected chi connectivity index (χ1v) is 15.1. The Morgan fingerprint density at radius 1 is 0.564 bits per heavy atom. The van der Waals surface area contributed by atoms with Gasteiger partial charge in [-0.25, -0.2) is 0 Å². The zero-order valence-corrected chi connectivity index (χ0v) is 23.5. The van der Waals surface area contributed by atoms with Crippen LogP contribution in [-0.2, 0) is 47.4 Å². The minimum Gasteiger partial charge on any atom is -0.378 e. The molecule has 0 N–H and O–H groups in total. The first-order chi connectivity index (χ1) is 19.2. The Hall–Kier alpha value is -0.400. The summed E-state index contributed by atoms with van der Waals surface area (Å²) in [5.74, 6) is 1.72. The molecule has 0 radical (unpaired) electrons. The topological polar surface area (TPSA) is 109 Å². The van der Waals surface area contributed by atoms with Crippen molar-refractivity contribution in [1.29, 1.82) is 0 Å². The number of hydrogen-bond donors (Lipinski definition) is 0. The highest BCUT2D eigenvalue weighted by atomic mass is 16.6. The summed E-state index contributed by atoms with van der Waals surface area (Å²) in [4.78, 5) is 0. The molecule has 5 saturated heterocycles. The first kappa shape index (κ1) is 28.7. The summed E-state index contributed by atoms with van der Waals surface area (Å²) >= 11 is 0. The van der Waals surface area contributed by atoms with Gasteiger partial charge < -0.3 is 47.4 Å². The normalized spacial score (nSPS) is 38.7. The van der Waals surface area contributed by atoms with E-state index in [0.29, 0.717) is 82.6 Å². The van der Waals surface area contributed by atoms with Crippen LogP contribution in [0.2, 0.25) is 0 Å². The van der Waals surface area contributed by atoms with Crippen molar-refractivity contribution in [3.8, 4) is 0 Å². The van der Waals surface area contributed by atoms with E-state index in [1.165, 1.54) is 0 Å². The fraction of sp³-hybridized carbons (Fsp3) is 1.00. The molecule has 0 bridgehead atoms. The lowest BCUT2D eigenvalue weighted by atomic mass is 9.61. The Morgan fingerprint density at radius 3 is 1.41 bits per heavy atom. The SMILES string of the molecule is CC(C1CC(COCC2CO2)CCC1COCC1CO1)C(COCC1CO1)(COCC1CO1)COCC1CO1. The van der Waals surface area contributed by atoms with Crippen molar-refractivity contribution in [2.24, 2.45) is 29.1 Å². The Kier molecular flexibility index (Phi) is 10.1. The average Bonchev–Trinajstić information content (AvgIpc) is 3.75. The molecular weight excluding hydrogens is 508 g/mol. The quantitative estimate of drug-likeness (QED) is 0.183. The summed E-state index contributed by atoms with van der Waals surface area (Å²) in [5, 5.41) is 0. The van der Waals surface area contributed by atoms with Crippen molar-refractivity contribution in [3.05, 3.63) is 0 Å². The molecule has 1 saturated carbocycles. The highest BCUT2D eigenvalue weighted by Gasteiger charge is 2.47. The molecule has 224 valence electrons. The van der Waals surface area contributed by atoms with Crippen molar-refractivity contribution in [2.75, 3.05) is 99.1 Å². The van der Waals surface area contributed by atoms with E-state index in [-0.39, 0.29) is 29.8 Å². The standard InChI is InChI=1S/C29H48O10/c1-20(28-4-21(5-30-7-23-12-35-23)2-3-22(28)6-31-8-24-13-36-24)29(17-32-9-25-14-37-25,18-33-10-26-15-38-26)19-34-11-27-16-39-27/h20-28H,2-19H2,1H3. The monoisotopic (exact) mass is 556 g/mol. The first-order valence-electron chi connectivity index (χ1n) is 15.1. The Bertz CT molecular complexity index is 688. The average molecular weight is 557 g/mol. The zero-order chi connectivity index (χ0) is 26.5. The summed E-state index contributed by atoms with van der Waals surface area (Å²) in [7, 11) is 0. The van der Waals surface area contributed by atoms with Crippen molar-refractivity contribution < 1.29 is 47.4 Å². The summed E-state index contributed by atoms with van der Waals surface area (Å²) in [5.41, 5.74) is -0.300. The van der Waals surface area contributed by atoms with Gasteiger partial charge in [-0.2, -0.15) is 0 Å². The van der Waals surface area contributed by atoms with E-state index in [1.807, 2.05) is 0 Å². The molecule has 9 atom stereocenters. The fourth-order valence-electron chi connectivity index (χ4n) is 6.02. The molecule has 5 aliphatic heterocycles. The molecule has 6 aliphatic rings. The molecule has 0 aromatic heterocycles. The third-order valence-electron chi connectivity index (χ3n) is 9.15. The second kappa shape index (κ2) is 13.7. The van der Waals surface area contributed by atoms with Gasteiger partial charge in [0.2, 0.25) is 0 Å². The lowest BCUT2D eigenvalue weighted by molar-refractivity contribution is -0.127. The van der Waals surface area contributed by atoms with Crippen molar-refractivity contribution in [2.45, 2.75) is 56.7 Å². The van der Waals surface area contributed by atoms with E-state index in [2.05, 4.69) is 6.92 Å². The second-order valence-corrected chi connectivity index (χ2v) is 12.7. The van der Waals surface area contributed by atoms with E-state index in [0.717, 1.165) is 65.5 Å². The second-order valence-electron chi connectivity index (χ2n) is 12.7. The predicted octanol–water partition coefficient (Wildman–Crippen LogP) is 1.72. The molecule has 9 unspecified atom stereocenters. The molecule has 5 heterocycles. The number of hydrogen-bond acceptors (Lipinski definition) is 10. The van der Waals surface area contributed by atoms with Crippen LogP contribution in [-0.4, -0.2) is 130 Å². The summed E-state index contributed by atoms with van der Waals surface area (Å²) in [6.07, 6.45) is 4.64. The third-order valence-corrected chi connectivity index (χ3v) is 9.15. The maximum Gasteiger partial charge on any atom is 0.104 e. The Balaban J connectivity index is 1.14. The van der Waals surface area contributed by atoms with E-state index >= 15 is 0 Å². The third kappa shape index (κ3) is 9.56. The molecular formula is C29H48O10. The smallest absolute Gasteiger partial charge is 0.104 e. The highest BCUT2D eigenvalue weighted by molar-refractivity contribution is 4.94. The molecule has 0 aromatic carbocycles. The molecule has 39 heavy (non-hydrogen) atoms. The number of rotatable bonds is 22. The summed E-state index contributed by atoms with van der Waals surface area (Å²) in [6.45, 7) is 12.9. The van der Waals surface area contributed by atoms with Crippen LogP contribution in [0.4, 0.5) is 0 Å². The van der Waals surface area contributed by atoms with Crippen LogP contribution in [0.5, 0.6) is 0 Å². The minimum absolute atomic E-state index is 0.219. The van der Waals surface area contributed by atoms with Gasteiger partial charge in [0.05, 0.1) is 85.9 Å². The zero-order valence-electron chi connectivity index (χ0n) is 23.5. The van der Waals surface area contributed by atoms with Crippen LogP contribution in [0, 0.1) is 29.1 Å². The van der Waals surface area contributed by atoms with E-state index in [4.69, 9.17) is 47.4 Å². The predicted molar refractivity (Wildman–Crippen MR) is 139 cm³/mol. The molecule has 10 heteroatoms. The van der Waals surface area contributed by atoms with Gasteiger partial charge >= 0.3 is 0 Å². The van der Waals surface area contributed by atoms with Crippen LogP contribution >= 0.6 is 0 Å². The van der Waals surface area contributed by atoms with Crippen LogP contribution in [0.3, 0.4) is 0 Å². The van der Waals surface area contributed by atoms with Crippen LogP contribution < -0.4 is 0 Å².